The Morgan fingerprint density at radius 3 is 2.20 bits per heavy atom. The topological polar surface area (TPSA) is 32.6 Å². The second-order valence-electron chi connectivity index (χ2n) is 8.71. The van der Waals surface area contributed by atoms with Gasteiger partial charge in [-0.05, 0) is 37.3 Å². The van der Waals surface area contributed by atoms with Crippen molar-refractivity contribution in [1.82, 2.24) is 0 Å². The van der Waals surface area contributed by atoms with Crippen LogP contribution in [0.3, 0.4) is 0 Å². The van der Waals surface area contributed by atoms with Crippen LogP contribution in [0.4, 0.5) is 0 Å². The van der Waals surface area contributed by atoms with Crippen molar-refractivity contribution in [2.75, 3.05) is 0 Å². The van der Waals surface area contributed by atoms with Gasteiger partial charge in [0.25, 0.3) is 0 Å². The molecule has 2 aromatic carbocycles. The third-order valence-electron chi connectivity index (χ3n) is 5.47. The van der Waals surface area contributed by atoms with Crippen molar-refractivity contribution in [2.45, 2.75) is 72.3 Å². The summed E-state index contributed by atoms with van der Waals surface area (Å²) in [7, 11) is 9.87. The van der Waals surface area contributed by atoms with Crippen LogP contribution in [0.25, 0.3) is 0 Å². The first-order chi connectivity index (χ1) is 14.1. The molecule has 2 rings (SSSR count). The number of aryl methyl sites for hydroxylation is 1. The Morgan fingerprint density at radius 1 is 1.03 bits per heavy atom. The van der Waals surface area contributed by atoms with Gasteiger partial charge in [0.05, 0.1) is 0 Å². The van der Waals surface area contributed by atoms with Crippen molar-refractivity contribution >= 4 is 23.2 Å². The molecule has 1 unspecified atom stereocenters. The van der Waals surface area contributed by atoms with Gasteiger partial charge >= 0.3 is 37.9 Å². The van der Waals surface area contributed by atoms with Gasteiger partial charge in [-0.1, -0.05) is 83.0 Å². The molecule has 0 aliphatic heterocycles. The van der Waals surface area contributed by atoms with Crippen molar-refractivity contribution in [2.24, 2.45) is 10.9 Å². The molecule has 2 nitrogen and oxygen atoms in total. The number of hydrogen-bond donors (Lipinski definition) is 1. The van der Waals surface area contributed by atoms with E-state index >= 15 is 0 Å². The van der Waals surface area contributed by atoms with E-state index in [-0.39, 0.29) is 11.5 Å². The van der Waals surface area contributed by atoms with E-state index in [1.807, 2.05) is 37.4 Å². The number of aliphatic imine (C=N–C) groups is 1. The SMILES string of the molecule is Cc1ccc(C(C)(C)c2ccccc2)c(O)c1C=NC(C)CCCC(C)C.[Cl][Zr][Cl]. The van der Waals surface area contributed by atoms with E-state index in [1.54, 1.807) is 0 Å². The molecule has 164 valence electrons. The van der Waals surface area contributed by atoms with Crippen molar-refractivity contribution < 1.29 is 26.0 Å². The van der Waals surface area contributed by atoms with Crippen LogP contribution in [0.15, 0.2) is 47.5 Å². The maximum atomic E-state index is 11.0. The van der Waals surface area contributed by atoms with Gasteiger partial charge in [0, 0.05) is 28.8 Å². The zero-order valence-corrected chi connectivity index (χ0v) is 23.0. The second-order valence-corrected chi connectivity index (χ2v) is 12.4. The Bertz CT molecular complexity index is 791. The average molecular weight is 528 g/mol. The zero-order chi connectivity index (χ0) is 22.7. The van der Waals surface area contributed by atoms with Crippen LogP contribution in [0.1, 0.15) is 76.1 Å². The molecule has 0 aliphatic rings. The molecule has 30 heavy (non-hydrogen) atoms. The molecule has 0 radical (unpaired) electrons. The average Bonchev–Trinajstić information content (AvgIpc) is 2.68. The molecule has 0 saturated carbocycles. The van der Waals surface area contributed by atoms with Crippen LogP contribution < -0.4 is 0 Å². The van der Waals surface area contributed by atoms with E-state index in [0.717, 1.165) is 29.0 Å². The summed E-state index contributed by atoms with van der Waals surface area (Å²) in [5.74, 6) is 1.09. The van der Waals surface area contributed by atoms with E-state index in [1.165, 1.54) is 18.4 Å². The van der Waals surface area contributed by atoms with Gasteiger partial charge in [0.1, 0.15) is 5.75 Å². The Labute approximate surface area is 201 Å². The van der Waals surface area contributed by atoms with E-state index in [4.69, 9.17) is 22.0 Å². The van der Waals surface area contributed by atoms with E-state index in [2.05, 4.69) is 52.8 Å². The summed E-state index contributed by atoms with van der Waals surface area (Å²) in [5, 5.41) is 11.0. The van der Waals surface area contributed by atoms with Gasteiger partial charge < -0.3 is 5.11 Å². The van der Waals surface area contributed by atoms with Crippen LogP contribution in [0, 0.1) is 12.8 Å². The number of hydrogen-bond acceptors (Lipinski definition) is 2. The quantitative estimate of drug-likeness (QED) is 0.346. The van der Waals surface area contributed by atoms with Crippen LogP contribution in [0.2, 0.25) is 0 Å². The second kappa shape index (κ2) is 13.7. The summed E-state index contributed by atoms with van der Waals surface area (Å²) in [6.07, 6.45) is 5.39. The first-order valence-corrected chi connectivity index (χ1v) is 16.9. The normalized spacial score (nSPS) is 12.6. The molecule has 0 spiro atoms. The van der Waals surface area contributed by atoms with Gasteiger partial charge in [-0.15, -0.1) is 0 Å². The molecule has 0 aliphatic carbocycles. The van der Waals surface area contributed by atoms with Crippen LogP contribution in [0.5, 0.6) is 5.75 Å². The van der Waals surface area contributed by atoms with Gasteiger partial charge in [-0.2, -0.15) is 0 Å². The number of phenolic OH excluding ortho intramolecular Hbond substituents is 1. The summed E-state index contributed by atoms with van der Waals surface area (Å²) in [4.78, 5) is 4.72. The minimum absolute atomic E-state index is 0.272. The molecule has 0 fully saturated rings. The first kappa shape index (κ1) is 27.4. The van der Waals surface area contributed by atoms with Crippen LogP contribution >= 0.6 is 17.0 Å². The number of nitrogens with zero attached hydrogens (tertiary/aromatic N) is 1. The molecule has 1 N–H and O–H groups in total. The molecular weight excluding hydrogens is 492 g/mol. The van der Waals surface area contributed by atoms with Gasteiger partial charge in [-0.25, -0.2) is 0 Å². The van der Waals surface area contributed by atoms with Crippen molar-refractivity contribution in [3.63, 3.8) is 0 Å². The van der Waals surface area contributed by atoms with Crippen LogP contribution in [-0.4, -0.2) is 17.4 Å². The Hall–Kier alpha value is -0.627. The predicted molar refractivity (Wildman–Crippen MR) is 129 cm³/mol. The third-order valence-corrected chi connectivity index (χ3v) is 5.47. The van der Waals surface area contributed by atoms with Crippen LogP contribution in [-0.2, 0) is 26.3 Å². The monoisotopic (exact) mass is 525 g/mol. The molecule has 1 atom stereocenters. The summed E-state index contributed by atoms with van der Waals surface area (Å²) in [6, 6.07) is 14.7. The van der Waals surface area contributed by atoms with E-state index in [9.17, 15) is 5.11 Å². The Kier molecular flexibility index (Phi) is 12.5. The third kappa shape index (κ3) is 8.48. The molecule has 0 amide bonds. The summed E-state index contributed by atoms with van der Waals surface area (Å²) < 4.78 is 0. The summed E-state index contributed by atoms with van der Waals surface area (Å²) in [6.45, 7) is 13.0. The fourth-order valence-corrected chi connectivity index (χ4v) is 3.48. The molecular formula is C25H35Cl2NOZr. The number of benzene rings is 2. The number of aromatic hydroxyl groups is 1. The van der Waals surface area contributed by atoms with E-state index < -0.39 is 20.8 Å². The van der Waals surface area contributed by atoms with Crippen molar-refractivity contribution in [1.29, 1.82) is 0 Å². The molecule has 0 aromatic heterocycles. The van der Waals surface area contributed by atoms with Crippen molar-refractivity contribution in [3.8, 4) is 5.75 Å². The fraction of sp³-hybridized carbons (Fsp3) is 0.480. The van der Waals surface area contributed by atoms with Gasteiger partial charge in [0.15, 0.2) is 0 Å². The fourth-order valence-electron chi connectivity index (χ4n) is 3.48. The summed E-state index contributed by atoms with van der Waals surface area (Å²) in [5.41, 5.74) is 3.75. The van der Waals surface area contributed by atoms with Gasteiger partial charge in [0.2, 0.25) is 0 Å². The minimum atomic E-state index is -0.826. The van der Waals surface area contributed by atoms with Gasteiger partial charge in [-0.3, -0.25) is 4.99 Å². The zero-order valence-electron chi connectivity index (χ0n) is 19.0. The first-order valence-electron chi connectivity index (χ1n) is 10.5. The maximum absolute atomic E-state index is 11.0. The molecule has 0 heterocycles. The molecule has 0 bridgehead atoms. The standard InChI is InChI=1S/C25H35NO.2ClH.Zr/c1-18(2)11-10-12-20(4)26-17-22-19(3)15-16-23(24(22)27)25(5,6)21-13-8-7-9-14-21;;;/h7-9,13-18,20,27H,10-12H2,1-6H3;2*1H;/q;;;+2/p-2. The molecule has 2 aromatic rings. The Morgan fingerprint density at radius 2 is 1.63 bits per heavy atom. The number of halogens is 2. The molecule has 5 heteroatoms. The number of phenols is 1. The predicted octanol–water partition coefficient (Wildman–Crippen LogP) is 8.04. The Balaban J connectivity index is 0.00000141. The summed E-state index contributed by atoms with van der Waals surface area (Å²) >= 11 is -0.826. The van der Waals surface area contributed by atoms with E-state index in [0.29, 0.717) is 5.75 Å². The number of rotatable bonds is 8. The van der Waals surface area contributed by atoms with Crippen molar-refractivity contribution in [3.05, 3.63) is 64.7 Å². The molecule has 0 saturated heterocycles.